The lowest BCUT2D eigenvalue weighted by Gasteiger charge is -2.47. The minimum atomic E-state index is -0.401. The zero-order valence-electron chi connectivity index (χ0n) is 13.8. The Balaban J connectivity index is 1.49. The van der Waals surface area contributed by atoms with E-state index in [1.165, 1.54) is 24.8 Å². The Morgan fingerprint density at radius 1 is 1.13 bits per heavy atom. The predicted octanol–water partition coefficient (Wildman–Crippen LogP) is 2.97. The minimum absolute atomic E-state index is 0.401. The summed E-state index contributed by atoms with van der Waals surface area (Å²) >= 11 is 0. The quantitative estimate of drug-likeness (QED) is 0.910. The van der Waals surface area contributed by atoms with Crippen LogP contribution in [0.15, 0.2) is 18.2 Å². The molecular weight excluding hydrogens is 290 g/mol. The molecule has 126 valence electrons. The Morgan fingerprint density at radius 2 is 2.04 bits per heavy atom. The SMILES string of the molecule is OC12CCCCC1CN(Cc1cccc3c1OCCCO3)CC2. The van der Waals surface area contributed by atoms with E-state index in [9.17, 15) is 5.11 Å². The van der Waals surface area contributed by atoms with E-state index in [0.717, 1.165) is 63.6 Å². The zero-order valence-corrected chi connectivity index (χ0v) is 13.8. The number of para-hydroxylation sites is 1. The lowest BCUT2D eigenvalue weighted by molar-refractivity contribution is -0.0968. The summed E-state index contributed by atoms with van der Waals surface area (Å²) in [6.07, 6.45) is 6.45. The topological polar surface area (TPSA) is 41.9 Å². The van der Waals surface area contributed by atoms with E-state index >= 15 is 0 Å². The molecule has 3 aliphatic rings. The third kappa shape index (κ3) is 3.07. The van der Waals surface area contributed by atoms with Crippen molar-refractivity contribution in [2.24, 2.45) is 5.92 Å². The number of benzene rings is 1. The maximum absolute atomic E-state index is 10.8. The second-order valence-corrected chi connectivity index (χ2v) is 7.33. The van der Waals surface area contributed by atoms with Crippen molar-refractivity contribution in [2.75, 3.05) is 26.3 Å². The second-order valence-electron chi connectivity index (χ2n) is 7.33. The lowest BCUT2D eigenvalue weighted by atomic mass is 9.71. The average Bonchev–Trinajstić information content (AvgIpc) is 2.81. The summed E-state index contributed by atoms with van der Waals surface area (Å²) in [6, 6.07) is 6.21. The first-order chi connectivity index (χ1) is 11.2. The molecule has 1 N–H and O–H groups in total. The molecule has 4 nitrogen and oxygen atoms in total. The molecule has 0 bridgehead atoms. The van der Waals surface area contributed by atoms with E-state index in [1.807, 2.05) is 6.07 Å². The molecule has 1 aromatic carbocycles. The molecule has 0 amide bonds. The van der Waals surface area contributed by atoms with Gasteiger partial charge in [-0.2, -0.15) is 0 Å². The van der Waals surface area contributed by atoms with Crippen molar-refractivity contribution in [3.8, 4) is 11.5 Å². The van der Waals surface area contributed by atoms with E-state index in [-0.39, 0.29) is 0 Å². The number of fused-ring (bicyclic) bond motifs is 2. The Labute approximate surface area is 138 Å². The van der Waals surface area contributed by atoms with Crippen molar-refractivity contribution in [1.29, 1.82) is 0 Å². The highest BCUT2D eigenvalue weighted by Gasteiger charge is 2.42. The van der Waals surface area contributed by atoms with E-state index in [2.05, 4.69) is 17.0 Å². The predicted molar refractivity (Wildman–Crippen MR) is 88.9 cm³/mol. The summed E-state index contributed by atoms with van der Waals surface area (Å²) in [6.45, 7) is 4.32. The highest BCUT2D eigenvalue weighted by Crippen LogP contribution is 2.41. The van der Waals surface area contributed by atoms with Crippen LogP contribution in [0, 0.1) is 5.92 Å². The molecule has 2 atom stereocenters. The van der Waals surface area contributed by atoms with Gasteiger partial charge in [-0.25, -0.2) is 0 Å². The molecule has 2 fully saturated rings. The summed E-state index contributed by atoms with van der Waals surface area (Å²) in [5, 5.41) is 10.8. The normalized spacial score (nSPS) is 31.3. The third-order valence-electron chi connectivity index (χ3n) is 5.76. The van der Waals surface area contributed by atoms with Crippen molar-refractivity contribution >= 4 is 0 Å². The van der Waals surface area contributed by atoms with Gasteiger partial charge in [-0.3, -0.25) is 4.90 Å². The van der Waals surface area contributed by atoms with Crippen LogP contribution in [-0.2, 0) is 6.54 Å². The van der Waals surface area contributed by atoms with Crippen LogP contribution in [0.3, 0.4) is 0 Å². The highest BCUT2D eigenvalue weighted by molar-refractivity contribution is 5.47. The Kier molecular flexibility index (Phi) is 4.20. The molecule has 1 aromatic rings. The molecule has 4 rings (SSSR count). The van der Waals surface area contributed by atoms with Crippen molar-refractivity contribution in [3.05, 3.63) is 23.8 Å². The number of hydrogen-bond donors (Lipinski definition) is 1. The van der Waals surface area contributed by atoms with Gasteiger partial charge >= 0.3 is 0 Å². The van der Waals surface area contributed by atoms with Crippen molar-refractivity contribution in [1.82, 2.24) is 4.90 Å². The van der Waals surface area contributed by atoms with E-state index in [0.29, 0.717) is 5.92 Å². The zero-order chi connectivity index (χ0) is 15.7. The number of nitrogens with zero attached hydrogens (tertiary/aromatic N) is 1. The molecule has 0 radical (unpaired) electrons. The molecular formula is C19H27NO3. The lowest BCUT2D eigenvalue weighted by Crippen LogP contribution is -2.52. The van der Waals surface area contributed by atoms with Crippen LogP contribution in [0.5, 0.6) is 11.5 Å². The highest BCUT2D eigenvalue weighted by atomic mass is 16.5. The molecule has 1 saturated heterocycles. The van der Waals surface area contributed by atoms with E-state index in [1.54, 1.807) is 0 Å². The number of aliphatic hydroxyl groups is 1. The fourth-order valence-corrected chi connectivity index (χ4v) is 4.40. The number of piperidine rings is 1. The molecule has 23 heavy (non-hydrogen) atoms. The largest absolute Gasteiger partial charge is 0.490 e. The molecule has 0 aromatic heterocycles. The summed E-state index contributed by atoms with van der Waals surface area (Å²) in [5.41, 5.74) is 0.813. The van der Waals surface area contributed by atoms with E-state index in [4.69, 9.17) is 9.47 Å². The average molecular weight is 317 g/mol. The fourth-order valence-electron chi connectivity index (χ4n) is 4.40. The molecule has 4 heteroatoms. The van der Waals surface area contributed by atoms with Gasteiger partial charge in [0.1, 0.15) is 0 Å². The van der Waals surface area contributed by atoms with Gasteiger partial charge in [0, 0.05) is 37.5 Å². The number of hydrogen-bond acceptors (Lipinski definition) is 4. The van der Waals surface area contributed by atoms with Crippen LogP contribution in [0.4, 0.5) is 0 Å². The van der Waals surface area contributed by atoms with Crippen LogP contribution in [0.1, 0.15) is 44.1 Å². The minimum Gasteiger partial charge on any atom is -0.490 e. The molecule has 1 aliphatic carbocycles. The summed E-state index contributed by atoms with van der Waals surface area (Å²) in [7, 11) is 0. The van der Waals surface area contributed by atoms with Gasteiger partial charge in [-0.1, -0.05) is 25.0 Å². The van der Waals surface area contributed by atoms with Crippen LogP contribution >= 0.6 is 0 Å². The molecule has 2 unspecified atom stereocenters. The standard InChI is InChI=1S/C19H27NO3/c21-19-8-2-1-6-16(19)14-20(10-9-19)13-15-5-3-7-17-18(15)23-12-4-11-22-17/h3,5,7,16,21H,1-2,4,6,8-14H2. The first kappa shape index (κ1) is 15.3. The van der Waals surface area contributed by atoms with Gasteiger partial charge in [0.05, 0.1) is 18.8 Å². The third-order valence-corrected chi connectivity index (χ3v) is 5.76. The molecule has 1 saturated carbocycles. The van der Waals surface area contributed by atoms with Gasteiger partial charge in [0.25, 0.3) is 0 Å². The molecule has 2 heterocycles. The Bertz CT molecular complexity index is 562. The monoisotopic (exact) mass is 317 g/mol. The van der Waals surface area contributed by atoms with Crippen LogP contribution in [0.25, 0.3) is 0 Å². The Hall–Kier alpha value is -1.26. The van der Waals surface area contributed by atoms with Crippen LogP contribution in [-0.4, -0.2) is 41.9 Å². The van der Waals surface area contributed by atoms with Gasteiger partial charge < -0.3 is 14.6 Å². The first-order valence-corrected chi connectivity index (χ1v) is 9.07. The van der Waals surface area contributed by atoms with Crippen molar-refractivity contribution in [3.63, 3.8) is 0 Å². The van der Waals surface area contributed by atoms with Crippen molar-refractivity contribution < 1.29 is 14.6 Å². The Morgan fingerprint density at radius 3 is 3.00 bits per heavy atom. The first-order valence-electron chi connectivity index (χ1n) is 9.07. The smallest absolute Gasteiger partial charge is 0.165 e. The fraction of sp³-hybridized carbons (Fsp3) is 0.684. The summed E-state index contributed by atoms with van der Waals surface area (Å²) in [5.74, 6) is 2.24. The maximum Gasteiger partial charge on any atom is 0.165 e. The van der Waals surface area contributed by atoms with Gasteiger partial charge in [-0.05, 0) is 25.3 Å². The summed E-state index contributed by atoms with van der Waals surface area (Å²) < 4.78 is 11.7. The van der Waals surface area contributed by atoms with Crippen LogP contribution < -0.4 is 9.47 Å². The van der Waals surface area contributed by atoms with Gasteiger partial charge in [0.15, 0.2) is 11.5 Å². The second kappa shape index (κ2) is 6.33. The number of rotatable bonds is 2. The maximum atomic E-state index is 10.8. The number of ether oxygens (including phenoxy) is 2. The molecule has 0 spiro atoms. The van der Waals surface area contributed by atoms with Gasteiger partial charge in [-0.15, -0.1) is 0 Å². The molecule has 2 aliphatic heterocycles. The summed E-state index contributed by atoms with van der Waals surface area (Å²) in [4.78, 5) is 2.48. The van der Waals surface area contributed by atoms with Crippen molar-refractivity contribution in [2.45, 2.75) is 50.7 Å². The van der Waals surface area contributed by atoms with Crippen LogP contribution in [0.2, 0.25) is 0 Å². The number of likely N-dealkylation sites (tertiary alicyclic amines) is 1. The van der Waals surface area contributed by atoms with E-state index < -0.39 is 5.60 Å². The van der Waals surface area contributed by atoms with Gasteiger partial charge in [0.2, 0.25) is 0 Å².